The van der Waals surface area contributed by atoms with E-state index in [2.05, 4.69) is 34.1 Å². The van der Waals surface area contributed by atoms with Crippen LogP contribution in [-0.4, -0.2) is 21.5 Å². The standard InChI is InChI=1S/C15H20N4/c1-5-13-11(4)18-14(19-15(13)16-6-2)12-8-7-10(3)17-9-12/h7-9H,5-6H2,1-4H3,(H,16,18,19). The lowest BCUT2D eigenvalue weighted by molar-refractivity contribution is 0.987. The lowest BCUT2D eigenvalue weighted by atomic mass is 10.1. The Morgan fingerprint density at radius 2 is 1.89 bits per heavy atom. The molecule has 0 aliphatic carbocycles. The van der Waals surface area contributed by atoms with E-state index in [0.717, 1.165) is 41.6 Å². The van der Waals surface area contributed by atoms with E-state index in [1.165, 1.54) is 5.56 Å². The second kappa shape index (κ2) is 5.78. The molecule has 0 aliphatic rings. The molecule has 0 amide bonds. The summed E-state index contributed by atoms with van der Waals surface area (Å²) in [5.41, 5.74) is 4.17. The van der Waals surface area contributed by atoms with Gasteiger partial charge in [-0.2, -0.15) is 0 Å². The topological polar surface area (TPSA) is 50.7 Å². The molecule has 2 aromatic rings. The second-order valence-electron chi connectivity index (χ2n) is 4.53. The molecule has 0 aromatic carbocycles. The molecule has 0 radical (unpaired) electrons. The second-order valence-corrected chi connectivity index (χ2v) is 4.53. The summed E-state index contributed by atoms with van der Waals surface area (Å²) in [5.74, 6) is 1.67. The fourth-order valence-electron chi connectivity index (χ4n) is 2.06. The van der Waals surface area contributed by atoms with Crippen molar-refractivity contribution in [1.29, 1.82) is 0 Å². The van der Waals surface area contributed by atoms with Crippen LogP contribution in [0.1, 0.15) is 30.8 Å². The van der Waals surface area contributed by atoms with Crippen LogP contribution in [0.4, 0.5) is 5.82 Å². The fraction of sp³-hybridized carbons (Fsp3) is 0.400. The number of pyridine rings is 1. The number of rotatable bonds is 4. The molecule has 100 valence electrons. The third-order valence-corrected chi connectivity index (χ3v) is 3.08. The molecular formula is C15H20N4. The van der Waals surface area contributed by atoms with Crippen molar-refractivity contribution in [3.8, 4) is 11.4 Å². The SMILES string of the molecule is CCNc1nc(-c2ccc(C)nc2)nc(C)c1CC. The van der Waals surface area contributed by atoms with E-state index in [1.54, 1.807) is 0 Å². The number of anilines is 1. The number of hydrogen-bond acceptors (Lipinski definition) is 4. The van der Waals surface area contributed by atoms with Gasteiger partial charge in [-0.15, -0.1) is 0 Å². The summed E-state index contributed by atoms with van der Waals surface area (Å²) in [6.07, 6.45) is 2.76. The molecule has 19 heavy (non-hydrogen) atoms. The zero-order chi connectivity index (χ0) is 13.8. The van der Waals surface area contributed by atoms with Gasteiger partial charge in [-0.05, 0) is 39.3 Å². The third kappa shape index (κ3) is 2.89. The van der Waals surface area contributed by atoms with Crippen molar-refractivity contribution in [3.05, 3.63) is 35.3 Å². The van der Waals surface area contributed by atoms with Crippen LogP contribution < -0.4 is 5.32 Å². The normalized spacial score (nSPS) is 10.5. The van der Waals surface area contributed by atoms with Crippen molar-refractivity contribution in [3.63, 3.8) is 0 Å². The maximum absolute atomic E-state index is 4.63. The molecule has 4 nitrogen and oxygen atoms in total. The van der Waals surface area contributed by atoms with E-state index in [1.807, 2.05) is 32.2 Å². The highest BCUT2D eigenvalue weighted by molar-refractivity contribution is 5.59. The Kier molecular flexibility index (Phi) is 4.10. The van der Waals surface area contributed by atoms with E-state index in [-0.39, 0.29) is 0 Å². The van der Waals surface area contributed by atoms with Gasteiger partial charge in [-0.1, -0.05) is 6.92 Å². The van der Waals surface area contributed by atoms with E-state index < -0.39 is 0 Å². The van der Waals surface area contributed by atoms with Crippen LogP contribution >= 0.6 is 0 Å². The number of nitrogens with zero attached hydrogens (tertiary/aromatic N) is 3. The van der Waals surface area contributed by atoms with Crippen LogP contribution in [0.2, 0.25) is 0 Å². The van der Waals surface area contributed by atoms with Gasteiger partial charge >= 0.3 is 0 Å². The lowest BCUT2D eigenvalue weighted by Crippen LogP contribution is -2.08. The van der Waals surface area contributed by atoms with Gasteiger partial charge in [0.25, 0.3) is 0 Å². The maximum Gasteiger partial charge on any atom is 0.163 e. The van der Waals surface area contributed by atoms with Crippen molar-refractivity contribution in [2.24, 2.45) is 0 Å². The van der Waals surface area contributed by atoms with Gasteiger partial charge in [0.2, 0.25) is 0 Å². The van der Waals surface area contributed by atoms with E-state index in [4.69, 9.17) is 0 Å². The molecule has 0 spiro atoms. The fourth-order valence-corrected chi connectivity index (χ4v) is 2.06. The molecular weight excluding hydrogens is 236 g/mol. The third-order valence-electron chi connectivity index (χ3n) is 3.08. The molecule has 0 bridgehead atoms. The van der Waals surface area contributed by atoms with E-state index >= 15 is 0 Å². The summed E-state index contributed by atoms with van der Waals surface area (Å²) >= 11 is 0. The Morgan fingerprint density at radius 1 is 1.11 bits per heavy atom. The van der Waals surface area contributed by atoms with Crippen LogP contribution in [0.25, 0.3) is 11.4 Å². The summed E-state index contributed by atoms with van der Waals surface area (Å²) in [6.45, 7) is 9.06. The number of nitrogens with one attached hydrogen (secondary N) is 1. The highest BCUT2D eigenvalue weighted by Crippen LogP contribution is 2.22. The average molecular weight is 256 g/mol. The quantitative estimate of drug-likeness (QED) is 0.913. The molecule has 4 heteroatoms. The Hall–Kier alpha value is -1.97. The first kappa shape index (κ1) is 13.5. The molecule has 0 aliphatic heterocycles. The van der Waals surface area contributed by atoms with Gasteiger partial charge in [0.05, 0.1) is 0 Å². The van der Waals surface area contributed by atoms with Gasteiger partial charge in [-0.3, -0.25) is 4.98 Å². The smallest absolute Gasteiger partial charge is 0.163 e. The first-order valence-corrected chi connectivity index (χ1v) is 6.70. The Labute approximate surface area is 114 Å². The van der Waals surface area contributed by atoms with Gasteiger partial charge < -0.3 is 5.32 Å². The van der Waals surface area contributed by atoms with Crippen LogP contribution in [0.5, 0.6) is 0 Å². The monoisotopic (exact) mass is 256 g/mol. The molecule has 2 aromatic heterocycles. The summed E-state index contributed by atoms with van der Waals surface area (Å²) < 4.78 is 0. The maximum atomic E-state index is 4.63. The van der Waals surface area contributed by atoms with Crippen LogP contribution in [0.3, 0.4) is 0 Å². The van der Waals surface area contributed by atoms with Crippen molar-refractivity contribution in [1.82, 2.24) is 15.0 Å². The zero-order valence-electron chi connectivity index (χ0n) is 12.0. The molecule has 0 saturated carbocycles. The molecule has 1 N–H and O–H groups in total. The number of hydrogen-bond donors (Lipinski definition) is 1. The predicted molar refractivity (Wildman–Crippen MR) is 78.3 cm³/mol. The van der Waals surface area contributed by atoms with E-state index in [0.29, 0.717) is 0 Å². The van der Waals surface area contributed by atoms with Crippen LogP contribution in [0, 0.1) is 13.8 Å². The van der Waals surface area contributed by atoms with Crippen molar-refractivity contribution in [2.45, 2.75) is 34.1 Å². The predicted octanol–water partition coefficient (Wildman–Crippen LogP) is 3.15. The lowest BCUT2D eigenvalue weighted by Gasteiger charge is -2.12. The molecule has 0 atom stereocenters. The number of aryl methyl sites for hydroxylation is 2. The molecule has 0 unspecified atom stereocenters. The van der Waals surface area contributed by atoms with Crippen LogP contribution in [0.15, 0.2) is 18.3 Å². The highest BCUT2D eigenvalue weighted by Gasteiger charge is 2.11. The van der Waals surface area contributed by atoms with Gasteiger partial charge in [-0.25, -0.2) is 9.97 Å². The van der Waals surface area contributed by atoms with Gasteiger partial charge in [0.1, 0.15) is 5.82 Å². The van der Waals surface area contributed by atoms with Crippen LogP contribution in [-0.2, 0) is 6.42 Å². The highest BCUT2D eigenvalue weighted by atomic mass is 15.0. The molecule has 0 saturated heterocycles. The minimum atomic E-state index is 0.734. The molecule has 2 heterocycles. The number of aromatic nitrogens is 3. The van der Waals surface area contributed by atoms with E-state index in [9.17, 15) is 0 Å². The van der Waals surface area contributed by atoms with Crippen molar-refractivity contribution >= 4 is 5.82 Å². The van der Waals surface area contributed by atoms with Gasteiger partial charge in [0, 0.05) is 35.3 Å². The summed E-state index contributed by atoms with van der Waals surface area (Å²) in [6, 6.07) is 3.99. The van der Waals surface area contributed by atoms with Crippen molar-refractivity contribution in [2.75, 3.05) is 11.9 Å². The Bertz CT molecular complexity index is 561. The first-order chi connectivity index (χ1) is 9.15. The Morgan fingerprint density at radius 3 is 2.47 bits per heavy atom. The summed E-state index contributed by atoms with van der Waals surface area (Å²) in [5, 5.41) is 3.32. The van der Waals surface area contributed by atoms with Crippen molar-refractivity contribution < 1.29 is 0 Å². The average Bonchev–Trinajstić information content (AvgIpc) is 2.39. The largest absolute Gasteiger partial charge is 0.370 e. The summed E-state index contributed by atoms with van der Waals surface area (Å²) in [7, 11) is 0. The molecule has 2 rings (SSSR count). The minimum absolute atomic E-state index is 0.734. The minimum Gasteiger partial charge on any atom is -0.370 e. The zero-order valence-corrected chi connectivity index (χ0v) is 12.0. The molecule has 0 fully saturated rings. The van der Waals surface area contributed by atoms with Gasteiger partial charge in [0.15, 0.2) is 5.82 Å². The Balaban J connectivity index is 2.49. The summed E-state index contributed by atoms with van der Waals surface area (Å²) in [4.78, 5) is 13.5. The first-order valence-electron chi connectivity index (χ1n) is 6.70.